The standard InChI is InChI=1S/C22H32N/c1-15(2)19-12-20(17(4)11-16(19)3)21-10-9-18(14-23(21)8)13-22(5,6)7/h9-12,14-15H,13H2,1-8H3/q+1. The summed E-state index contributed by atoms with van der Waals surface area (Å²) in [6.45, 7) is 15.9. The third-order valence-corrected chi connectivity index (χ3v) is 4.44. The van der Waals surface area contributed by atoms with Gasteiger partial charge in [0.25, 0.3) is 0 Å². The minimum Gasteiger partial charge on any atom is -0.201 e. The molecule has 0 aliphatic heterocycles. The summed E-state index contributed by atoms with van der Waals surface area (Å²) >= 11 is 0. The molecule has 1 heterocycles. The Morgan fingerprint density at radius 1 is 1.00 bits per heavy atom. The van der Waals surface area contributed by atoms with Gasteiger partial charge in [-0.2, -0.15) is 0 Å². The van der Waals surface area contributed by atoms with E-state index in [-0.39, 0.29) is 0 Å². The van der Waals surface area contributed by atoms with E-state index >= 15 is 0 Å². The van der Waals surface area contributed by atoms with E-state index in [9.17, 15) is 0 Å². The molecule has 0 radical (unpaired) electrons. The summed E-state index contributed by atoms with van der Waals surface area (Å²) in [6.07, 6.45) is 3.39. The van der Waals surface area contributed by atoms with Crippen LogP contribution in [0.5, 0.6) is 0 Å². The lowest BCUT2D eigenvalue weighted by Gasteiger charge is -2.18. The Labute approximate surface area is 142 Å². The molecule has 0 bridgehead atoms. The zero-order valence-corrected chi connectivity index (χ0v) is 16.1. The highest BCUT2D eigenvalue weighted by Crippen LogP contribution is 2.29. The maximum atomic E-state index is 2.38. The molecule has 1 aromatic heterocycles. The second-order valence-electron chi connectivity index (χ2n) is 8.45. The molecule has 0 aliphatic rings. The van der Waals surface area contributed by atoms with Crippen LogP contribution in [0.2, 0.25) is 0 Å². The van der Waals surface area contributed by atoms with Crippen molar-refractivity contribution < 1.29 is 4.57 Å². The van der Waals surface area contributed by atoms with Crippen molar-refractivity contribution in [2.45, 2.75) is 60.8 Å². The lowest BCUT2D eigenvalue weighted by molar-refractivity contribution is -0.660. The first-order valence-corrected chi connectivity index (χ1v) is 8.68. The van der Waals surface area contributed by atoms with Crippen molar-refractivity contribution in [3.8, 4) is 11.3 Å². The van der Waals surface area contributed by atoms with Crippen LogP contribution in [0.25, 0.3) is 11.3 Å². The summed E-state index contributed by atoms with van der Waals surface area (Å²) < 4.78 is 2.28. The van der Waals surface area contributed by atoms with E-state index in [0.717, 1.165) is 6.42 Å². The van der Waals surface area contributed by atoms with Crippen LogP contribution in [0.4, 0.5) is 0 Å². The molecular formula is C22H32N+. The van der Waals surface area contributed by atoms with Gasteiger partial charge in [-0.1, -0.05) is 40.7 Å². The summed E-state index contributed by atoms with van der Waals surface area (Å²) in [5.74, 6) is 0.555. The molecule has 0 unspecified atom stereocenters. The van der Waals surface area contributed by atoms with Crippen LogP contribution in [-0.4, -0.2) is 0 Å². The van der Waals surface area contributed by atoms with Gasteiger partial charge in [0.1, 0.15) is 7.05 Å². The predicted octanol–water partition coefficient (Wildman–Crippen LogP) is 5.51. The summed E-state index contributed by atoms with van der Waals surface area (Å²) in [4.78, 5) is 0. The van der Waals surface area contributed by atoms with Crippen molar-refractivity contribution in [1.29, 1.82) is 0 Å². The second-order valence-corrected chi connectivity index (χ2v) is 8.45. The number of hydrogen-bond donors (Lipinski definition) is 0. The van der Waals surface area contributed by atoms with Gasteiger partial charge in [-0.3, -0.25) is 0 Å². The Balaban J connectivity index is 2.49. The maximum absolute atomic E-state index is 2.38. The smallest absolute Gasteiger partial charge is 0.201 e. The van der Waals surface area contributed by atoms with E-state index < -0.39 is 0 Å². The fraction of sp³-hybridized carbons (Fsp3) is 0.500. The Morgan fingerprint density at radius 3 is 2.17 bits per heavy atom. The molecule has 0 spiro atoms. The third kappa shape index (κ3) is 4.22. The van der Waals surface area contributed by atoms with Gasteiger partial charge in [-0.25, -0.2) is 4.57 Å². The molecule has 0 saturated carbocycles. The highest BCUT2D eigenvalue weighted by Gasteiger charge is 2.18. The van der Waals surface area contributed by atoms with Crippen LogP contribution >= 0.6 is 0 Å². The molecule has 0 aliphatic carbocycles. The van der Waals surface area contributed by atoms with Gasteiger partial charge in [-0.15, -0.1) is 0 Å². The number of pyridine rings is 1. The molecule has 23 heavy (non-hydrogen) atoms. The molecule has 1 nitrogen and oxygen atoms in total. The van der Waals surface area contributed by atoms with Crippen molar-refractivity contribution in [3.05, 3.63) is 52.7 Å². The molecular weight excluding hydrogens is 278 g/mol. The van der Waals surface area contributed by atoms with Gasteiger partial charge in [0.15, 0.2) is 6.20 Å². The van der Waals surface area contributed by atoms with Crippen LogP contribution in [0.3, 0.4) is 0 Å². The van der Waals surface area contributed by atoms with Gasteiger partial charge in [0.05, 0.1) is 0 Å². The second kappa shape index (κ2) is 6.47. The predicted molar refractivity (Wildman–Crippen MR) is 99.8 cm³/mol. The maximum Gasteiger partial charge on any atom is 0.212 e. The summed E-state index contributed by atoms with van der Waals surface area (Å²) in [7, 11) is 2.16. The van der Waals surface area contributed by atoms with Crippen molar-refractivity contribution in [1.82, 2.24) is 0 Å². The topological polar surface area (TPSA) is 3.88 Å². The Hall–Kier alpha value is -1.63. The first-order chi connectivity index (χ1) is 10.6. The number of rotatable bonds is 3. The van der Waals surface area contributed by atoms with E-state index in [0.29, 0.717) is 11.3 Å². The monoisotopic (exact) mass is 310 g/mol. The highest BCUT2D eigenvalue weighted by atomic mass is 14.9. The molecule has 124 valence electrons. The van der Waals surface area contributed by atoms with E-state index in [1.165, 1.54) is 33.5 Å². The lowest BCUT2D eigenvalue weighted by Crippen LogP contribution is -2.32. The highest BCUT2D eigenvalue weighted by molar-refractivity contribution is 5.63. The molecule has 0 N–H and O–H groups in total. The van der Waals surface area contributed by atoms with Gasteiger partial charge < -0.3 is 0 Å². The molecule has 1 heteroatoms. The molecule has 0 fully saturated rings. The first-order valence-electron chi connectivity index (χ1n) is 8.68. The van der Waals surface area contributed by atoms with E-state index in [1.54, 1.807) is 0 Å². The first kappa shape index (κ1) is 17.7. The average Bonchev–Trinajstić information content (AvgIpc) is 2.37. The quantitative estimate of drug-likeness (QED) is 0.658. The number of aromatic nitrogens is 1. The number of nitrogens with zero attached hydrogens (tertiary/aromatic N) is 1. The molecule has 0 saturated heterocycles. The normalized spacial score (nSPS) is 12.0. The average molecular weight is 311 g/mol. The molecule has 1 aromatic carbocycles. The summed E-state index contributed by atoms with van der Waals surface area (Å²) in [5, 5.41) is 0. The van der Waals surface area contributed by atoms with Gasteiger partial charge in [0, 0.05) is 17.2 Å². The van der Waals surface area contributed by atoms with Crippen LogP contribution in [0.15, 0.2) is 30.5 Å². The van der Waals surface area contributed by atoms with Gasteiger partial charge in [-0.05, 0) is 60.4 Å². The minimum atomic E-state index is 0.319. The molecule has 0 amide bonds. The number of hydrogen-bond acceptors (Lipinski definition) is 0. The van der Waals surface area contributed by atoms with E-state index in [4.69, 9.17) is 0 Å². The lowest BCUT2D eigenvalue weighted by atomic mass is 9.88. The van der Waals surface area contributed by atoms with Crippen LogP contribution in [0.1, 0.15) is 62.8 Å². The van der Waals surface area contributed by atoms with Crippen molar-refractivity contribution in [2.24, 2.45) is 12.5 Å². The summed E-state index contributed by atoms with van der Waals surface area (Å²) in [6, 6.07) is 9.28. The fourth-order valence-corrected chi connectivity index (χ4v) is 3.43. The van der Waals surface area contributed by atoms with Crippen molar-refractivity contribution >= 4 is 0 Å². The van der Waals surface area contributed by atoms with E-state index in [1.807, 2.05) is 0 Å². The summed E-state index contributed by atoms with van der Waals surface area (Å²) in [5.41, 5.74) is 8.56. The number of benzene rings is 1. The van der Waals surface area contributed by atoms with Gasteiger partial charge >= 0.3 is 0 Å². The largest absolute Gasteiger partial charge is 0.212 e. The minimum absolute atomic E-state index is 0.319. The van der Waals surface area contributed by atoms with Crippen molar-refractivity contribution in [3.63, 3.8) is 0 Å². The zero-order valence-electron chi connectivity index (χ0n) is 16.1. The van der Waals surface area contributed by atoms with Crippen LogP contribution in [-0.2, 0) is 13.5 Å². The third-order valence-electron chi connectivity index (χ3n) is 4.44. The Kier molecular flexibility index (Phi) is 4.98. The Bertz CT molecular complexity index is 703. The number of aryl methyl sites for hydroxylation is 3. The van der Waals surface area contributed by atoms with E-state index in [2.05, 4.69) is 90.5 Å². The molecule has 0 atom stereocenters. The SMILES string of the molecule is Cc1cc(C)c(C(C)C)cc1-c1ccc(CC(C)(C)C)c[n+]1C. The van der Waals surface area contributed by atoms with Gasteiger partial charge in [0.2, 0.25) is 5.69 Å². The molecule has 2 rings (SSSR count). The van der Waals surface area contributed by atoms with Crippen LogP contribution in [0, 0.1) is 19.3 Å². The zero-order chi connectivity index (χ0) is 17.4. The molecule has 2 aromatic rings. The van der Waals surface area contributed by atoms with Crippen LogP contribution < -0.4 is 4.57 Å². The Morgan fingerprint density at radius 2 is 1.65 bits per heavy atom. The van der Waals surface area contributed by atoms with Crippen molar-refractivity contribution in [2.75, 3.05) is 0 Å². The fourth-order valence-electron chi connectivity index (χ4n) is 3.43.